The molecular formula is C25H16ClF4NO4. The van der Waals surface area contributed by atoms with Gasteiger partial charge in [0.2, 0.25) is 0 Å². The Kier molecular flexibility index (Phi) is 6.29. The molecule has 3 aromatic carbocycles. The number of carbonyl (C=O) groups excluding carboxylic acids is 2. The molecule has 1 fully saturated rings. The summed E-state index contributed by atoms with van der Waals surface area (Å²) in [7, 11) is 1.15. The molecule has 0 bridgehead atoms. The third kappa shape index (κ3) is 4.59. The van der Waals surface area contributed by atoms with Crippen LogP contribution in [0.3, 0.4) is 0 Å². The van der Waals surface area contributed by atoms with E-state index in [4.69, 9.17) is 16.3 Å². The van der Waals surface area contributed by atoms with E-state index < -0.39 is 46.6 Å². The SMILES string of the molecule is COc1cc(N2C(=O)C(=O)/C(=C(/O)c3ccc(Cl)cc3)C2c2cccc(F)c2)cc(C(F)(F)F)c1. The second-order valence-corrected chi connectivity index (χ2v) is 8.08. The zero-order valence-corrected chi connectivity index (χ0v) is 18.7. The van der Waals surface area contributed by atoms with Gasteiger partial charge in [0.1, 0.15) is 17.3 Å². The molecule has 5 nitrogen and oxygen atoms in total. The van der Waals surface area contributed by atoms with Gasteiger partial charge in [0, 0.05) is 22.3 Å². The lowest BCUT2D eigenvalue weighted by Crippen LogP contribution is -2.30. The summed E-state index contributed by atoms with van der Waals surface area (Å²) in [5.41, 5.74) is -1.65. The van der Waals surface area contributed by atoms with Crippen molar-refractivity contribution in [1.82, 2.24) is 0 Å². The molecule has 1 N–H and O–H groups in total. The lowest BCUT2D eigenvalue weighted by atomic mass is 9.95. The van der Waals surface area contributed by atoms with Crippen LogP contribution in [0.15, 0.2) is 72.3 Å². The molecule has 0 radical (unpaired) electrons. The summed E-state index contributed by atoms with van der Waals surface area (Å²) >= 11 is 5.88. The predicted molar refractivity (Wildman–Crippen MR) is 121 cm³/mol. The summed E-state index contributed by atoms with van der Waals surface area (Å²) in [5, 5.41) is 11.3. The van der Waals surface area contributed by atoms with E-state index in [2.05, 4.69) is 0 Å². The quantitative estimate of drug-likeness (QED) is 0.200. The summed E-state index contributed by atoms with van der Waals surface area (Å²) in [6, 6.07) is 11.7. The van der Waals surface area contributed by atoms with Crippen LogP contribution in [-0.4, -0.2) is 23.9 Å². The third-order valence-corrected chi connectivity index (χ3v) is 5.71. The fraction of sp³-hybridized carbons (Fsp3) is 0.120. The summed E-state index contributed by atoms with van der Waals surface area (Å²) < 4.78 is 59.7. The molecule has 1 unspecified atom stereocenters. The highest BCUT2D eigenvalue weighted by molar-refractivity contribution is 6.51. The number of Topliss-reactive ketones (excluding diaryl/α,β-unsaturated/α-hetero) is 1. The highest BCUT2D eigenvalue weighted by atomic mass is 35.5. The first-order valence-corrected chi connectivity index (χ1v) is 10.5. The highest BCUT2D eigenvalue weighted by Crippen LogP contribution is 2.44. The second kappa shape index (κ2) is 9.07. The Morgan fingerprint density at radius 2 is 1.71 bits per heavy atom. The lowest BCUT2D eigenvalue weighted by molar-refractivity contribution is -0.137. The number of methoxy groups -OCH3 is 1. The van der Waals surface area contributed by atoms with Crippen molar-refractivity contribution in [2.75, 3.05) is 12.0 Å². The van der Waals surface area contributed by atoms with E-state index in [9.17, 15) is 32.3 Å². The van der Waals surface area contributed by atoms with Crippen molar-refractivity contribution >= 4 is 34.7 Å². The average molecular weight is 506 g/mol. The first-order valence-electron chi connectivity index (χ1n) is 10.1. The molecule has 180 valence electrons. The van der Waals surface area contributed by atoms with E-state index in [-0.39, 0.29) is 22.6 Å². The monoisotopic (exact) mass is 505 g/mol. The molecule has 1 heterocycles. The summed E-state index contributed by atoms with van der Waals surface area (Å²) in [6.45, 7) is 0. The molecule has 3 aromatic rings. The molecular weight excluding hydrogens is 490 g/mol. The topological polar surface area (TPSA) is 66.8 Å². The maximum atomic E-state index is 14.1. The zero-order chi connectivity index (χ0) is 25.5. The smallest absolute Gasteiger partial charge is 0.416 e. The second-order valence-electron chi connectivity index (χ2n) is 7.65. The van der Waals surface area contributed by atoms with Gasteiger partial charge < -0.3 is 9.84 Å². The van der Waals surface area contributed by atoms with Crippen molar-refractivity contribution in [1.29, 1.82) is 0 Å². The number of aliphatic hydroxyl groups excluding tert-OH is 1. The molecule has 1 aliphatic rings. The Morgan fingerprint density at radius 3 is 2.31 bits per heavy atom. The van der Waals surface area contributed by atoms with E-state index in [1.54, 1.807) is 0 Å². The molecule has 1 saturated heterocycles. The Bertz CT molecular complexity index is 1350. The maximum Gasteiger partial charge on any atom is 0.416 e. The van der Waals surface area contributed by atoms with Crippen molar-refractivity contribution in [2.24, 2.45) is 0 Å². The minimum atomic E-state index is -4.78. The highest BCUT2D eigenvalue weighted by Gasteiger charge is 2.47. The van der Waals surface area contributed by atoms with Gasteiger partial charge in [-0.2, -0.15) is 13.2 Å². The third-order valence-electron chi connectivity index (χ3n) is 5.46. The van der Waals surface area contributed by atoms with Gasteiger partial charge in [0.25, 0.3) is 11.7 Å². The first-order chi connectivity index (χ1) is 16.5. The van der Waals surface area contributed by atoms with Crippen molar-refractivity contribution in [3.05, 3.63) is 99.8 Å². The number of aliphatic hydroxyl groups is 1. The Balaban J connectivity index is 1.99. The number of halogens is 5. The van der Waals surface area contributed by atoms with Gasteiger partial charge in [0.05, 0.1) is 24.3 Å². The summed E-state index contributed by atoms with van der Waals surface area (Å²) in [6.07, 6.45) is -4.78. The van der Waals surface area contributed by atoms with E-state index in [1.807, 2.05) is 0 Å². The Morgan fingerprint density at radius 1 is 1.03 bits per heavy atom. The number of hydrogen-bond donors (Lipinski definition) is 1. The van der Waals surface area contributed by atoms with Crippen LogP contribution in [0.5, 0.6) is 5.75 Å². The number of hydrogen-bond acceptors (Lipinski definition) is 4. The van der Waals surface area contributed by atoms with E-state index in [0.717, 1.165) is 36.3 Å². The normalized spacial score (nSPS) is 17.7. The van der Waals surface area contributed by atoms with Gasteiger partial charge in [-0.05, 0) is 54.1 Å². The minimum absolute atomic E-state index is 0.0658. The predicted octanol–water partition coefficient (Wildman–Crippen LogP) is 6.13. The molecule has 0 saturated carbocycles. The number of benzene rings is 3. The van der Waals surface area contributed by atoms with Gasteiger partial charge in [-0.25, -0.2) is 4.39 Å². The summed E-state index contributed by atoms with van der Waals surface area (Å²) in [4.78, 5) is 27.0. The molecule has 0 aromatic heterocycles. The number of ether oxygens (including phenoxy) is 1. The molecule has 1 atom stereocenters. The van der Waals surface area contributed by atoms with Crippen molar-refractivity contribution in [3.63, 3.8) is 0 Å². The molecule has 0 aliphatic carbocycles. The number of amides is 1. The number of rotatable bonds is 4. The fourth-order valence-electron chi connectivity index (χ4n) is 3.86. The van der Waals surface area contributed by atoms with Crippen molar-refractivity contribution in [3.8, 4) is 5.75 Å². The van der Waals surface area contributed by atoms with E-state index in [1.165, 1.54) is 36.4 Å². The number of carbonyl (C=O) groups is 2. The van der Waals surface area contributed by atoms with Crippen LogP contribution in [0.25, 0.3) is 5.76 Å². The molecule has 35 heavy (non-hydrogen) atoms. The van der Waals surface area contributed by atoms with Crippen LogP contribution >= 0.6 is 11.6 Å². The number of alkyl halides is 3. The Hall–Kier alpha value is -3.85. The number of anilines is 1. The van der Waals surface area contributed by atoms with Crippen LogP contribution in [0, 0.1) is 5.82 Å². The molecule has 4 rings (SSSR count). The van der Waals surface area contributed by atoms with E-state index >= 15 is 0 Å². The van der Waals surface area contributed by atoms with Gasteiger partial charge in [0.15, 0.2) is 0 Å². The van der Waals surface area contributed by atoms with Crippen LogP contribution in [0.4, 0.5) is 23.2 Å². The molecule has 10 heteroatoms. The minimum Gasteiger partial charge on any atom is -0.507 e. The van der Waals surface area contributed by atoms with Crippen molar-refractivity contribution < 1.29 is 37.0 Å². The van der Waals surface area contributed by atoms with Crippen molar-refractivity contribution in [2.45, 2.75) is 12.2 Å². The molecule has 1 amide bonds. The first kappa shape index (κ1) is 24.3. The lowest BCUT2D eigenvalue weighted by Gasteiger charge is -2.26. The van der Waals surface area contributed by atoms with Gasteiger partial charge in [-0.15, -0.1) is 0 Å². The van der Waals surface area contributed by atoms with Gasteiger partial charge in [-0.3, -0.25) is 14.5 Å². The maximum absolute atomic E-state index is 14.1. The zero-order valence-electron chi connectivity index (χ0n) is 17.9. The van der Waals surface area contributed by atoms with Crippen LogP contribution < -0.4 is 9.64 Å². The largest absolute Gasteiger partial charge is 0.507 e. The standard InChI is InChI=1S/C25H16ClF4NO4/c1-35-19-11-15(25(28,29)30)10-18(12-19)31-21(14-3-2-4-17(27)9-14)20(23(33)24(31)34)22(32)13-5-7-16(26)8-6-13/h2-12,21,32H,1H3/b22-20+. The van der Waals surface area contributed by atoms with Gasteiger partial charge >= 0.3 is 6.18 Å². The number of ketones is 1. The Labute approximate surface area is 201 Å². The number of nitrogens with zero attached hydrogens (tertiary/aromatic N) is 1. The van der Waals surface area contributed by atoms with Crippen LogP contribution in [0.1, 0.15) is 22.7 Å². The molecule has 1 aliphatic heterocycles. The van der Waals surface area contributed by atoms with Gasteiger partial charge in [-0.1, -0.05) is 23.7 Å². The average Bonchev–Trinajstić information content (AvgIpc) is 3.08. The van der Waals surface area contributed by atoms with Crippen LogP contribution in [0.2, 0.25) is 5.02 Å². The van der Waals surface area contributed by atoms with Crippen LogP contribution in [-0.2, 0) is 15.8 Å². The summed E-state index contributed by atoms with van der Waals surface area (Å²) in [5.74, 6) is -3.86. The van der Waals surface area contributed by atoms with E-state index in [0.29, 0.717) is 11.1 Å². The molecule has 0 spiro atoms. The fourth-order valence-corrected chi connectivity index (χ4v) is 3.98.